The molecule has 0 bridgehead atoms. The Hall–Kier alpha value is 0.440. The molecule has 0 atom stereocenters. The Morgan fingerprint density at radius 2 is 1.75 bits per heavy atom. The lowest BCUT2D eigenvalue weighted by atomic mass is 10.5. The first-order chi connectivity index (χ1) is 5.63. The van der Waals surface area contributed by atoms with Gasteiger partial charge in [-0.15, -0.1) is 11.8 Å². The summed E-state index contributed by atoms with van der Waals surface area (Å²) in [6, 6.07) is 0. The minimum absolute atomic E-state index is 0.721. The summed E-state index contributed by atoms with van der Waals surface area (Å²) in [4.78, 5) is 0. The van der Waals surface area contributed by atoms with Crippen molar-refractivity contribution in [2.75, 3.05) is 5.75 Å². The molecule has 0 rings (SSSR count). The summed E-state index contributed by atoms with van der Waals surface area (Å²) in [7, 11) is 0. The molecule has 0 amide bonds. The van der Waals surface area contributed by atoms with Gasteiger partial charge in [0.05, 0.1) is 0 Å². The van der Waals surface area contributed by atoms with Gasteiger partial charge in [-0.2, -0.15) is 11.8 Å². The molecule has 0 N–H and O–H groups in total. The largest absolute Gasteiger partial charge is 0.159 e. The van der Waals surface area contributed by atoms with Crippen molar-refractivity contribution in [3.63, 3.8) is 0 Å². The Labute approximate surface area is 85.6 Å². The Morgan fingerprint density at radius 3 is 2.25 bits per heavy atom. The Kier molecular flexibility index (Phi) is 8.35. The second kappa shape index (κ2) is 8.06. The molecule has 0 aliphatic heterocycles. The van der Waals surface area contributed by atoms with Gasteiger partial charge in [-0.25, -0.2) is 0 Å². The third-order valence-corrected chi connectivity index (χ3v) is 3.21. The van der Waals surface area contributed by atoms with Crippen LogP contribution in [0.3, 0.4) is 0 Å². The minimum atomic E-state index is 0.721. The van der Waals surface area contributed by atoms with Crippen LogP contribution in [0, 0.1) is 0 Å². The quantitative estimate of drug-likeness (QED) is 0.596. The summed E-state index contributed by atoms with van der Waals surface area (Å²) in [6.45, 7) is 8.93. The summed E-state index contributed by atoms with van der Waals surface area (Å²) in [5.74, 6) is 1.26. The molecule has 2 heteroatoms. The molecule has 0 aliphatic rings. The van der Waals surface area contributed by atoms with Crippen molar-refractivity contribution in [2.24, 2.45) is 0 Å². The standard InChI is InChI=1S/C10H20S2/c1-9(2)11-7-5-6-8-12-10(3)4/h5,7,9-10H,6,8H2,1-4H3/b7-5-. The molecule has 0 aliphatic carbocycles. The van der Waals surface area contributed by atoms with E-state index in [1.54, 1.807) is 0 Å². The number of hydrogen-bond acceptors (Lipinski definition) is 2. The summed E-state index contributed by atoms with van der Waals surface area (Å²) in [5, 5.41) is 3.72. The highest BCUT2D eigenvalue weighted by atomic mass is 32.2. The van der Waals surface area contributed by atoms with Crippen LogP contribution in [0.15, 0.2) is 11.5 Å². The normalized spacial score (nSPS) is 12.2. The maximum atomic E-state index is 2.28. The van der Waals surface area contributed by atoms with Gasteiger partial charge in [0.2, 0.25) is 0 Å². The first-order valence-electron chi connectivity index (χ1n) is 4.55. The number of rotatable bonds is 6. The summed E-state index contributed by atoms with van der Waals surface area (Å²) >= 11 is 3.93. The average Bonchev–Trinajstić information content (AvgIpc) is 1.95. The Balaban J connectivity index is 3.13. The maximum Gasteiger partial charge on any atom is 0.00316 e. The van der Waals surface area contributed by atoms with E-state index in [4.69, 9.17) is 0 Å². The molecule has 0 spiro atoms. The second-order valence-electron chi connectivity index (χ2n) is 3.26. The lowest BCUT2D eigenvalue weighted by Crippen LogP contribution is -1.87. The highest BCUT2D eigenvalue weighted by Gasteiger charge is 1.91. The zero-order chi connectivity index (χ0) is 9.40. The van der Waals surface area contributed by atoms with Crippen molar-refractivity contribution < 1.29 is 0 Å². The van der Waals surface area contributed by atoms with Crippen LogP contribution >= 0.6 is 23.5 Å². The predicted molar refractivity (Wildman–Crippen MR) is 64.1 cm³/mol. The van der Waals surface area contributed by atoms with Crippen LogP contribution in [-0.4, -0.2) is 16.3 Å². The van der Waals surface area contributed by atoms with Gasteiger partial charge >= 0.3 is 0 Å². The van der Waals surface area contributed by atoms with Gasteiger partial charge in [0, 0.05) is 5.25 Å². The summed E-state index contributed by atoms with van der Waals surface area (Å²) < 4.78 is 0. The van der Waals surface area contributed by atoms with E-state index in [-0.39, 0.29) is 0 Å². The number of hydrogen-bond donors (Lipinski definition) is 0. The minimum Gasteiger partial charge on any atom is -0.159 e. The highest BCUT2D eigenvalue weighted by Crippen LogP contribution is 2.13. The van der Waals surface area contributed by atoms with Crippen LogP contribution in [0.5, 0.6) is 0 Å². The third kappa shape index (κ3) is 10.4. The van der Waals surface area contributed by atoms with E-state index in [0.29, 0.717) is 0 Å². The molecule has 0 aromatic carbocycles. The van der Waals surface area contributed by atoms with Crippen LogP contribution in [0.4, 0.5) is 0 Å². The van der Waals surface area contributed by atoms with E-state index in [1.165, 1.54) is 12.2 Å². The first kappa shape index (κ1) is 12.4. The molecule has 0 aromatic heterocycles. The van der Waals surface area contributed by atoms with Gasteiger partial charge < -0.3 is 0 Å². The molecular formula is C10H20S2. The van der Waals surface area contributed by atoms with Gasteiger partial charge in [0.15, 0.2) is 0 Å². The Bertz CT molecular complexity index is 117. The van der Waals surface area contributed by atoms with Crippen molar-refractivity contribution in [1.29, 1.82) is 0 Å². The molecule has 0 unspecified atom stereocenters. The molecule has 0 radical (unpaired) electrons. The third-order valence-electron chi connectivity index (χ3n) is 1.18. The molecule has 72 valence electrons. The fourth-order valence-electron chi connectivity index (χ4n) is 0.653. The van der Waals surface area contributed by atoms with Crippen LogP contribution in [0.25, 0.3) is 0 Å². The molecule has 0 nitrogen and oxygen atoms in total. The van der Waals surface area contributed by atoms with Gasteiger partial charge in [-0.05, 0) is 22.8 Å². The van der Waals surface area contributed by atoms with Crippen molar-refractivity contribution >= 4 is 23.5 Å². The van der Waals surface area contributed by atoms with Gasteiger partial charge in [0.1, 0.15) is 0 Å². The van der Waals surface area contributed by atoms with Crippen LogP contribution in [-0.2, 0) is 0 Å². The Morgan fingerprint density at radius 1 is 1.08 bits per heavy atom. The van der Waals surface area contributed by atoms with Crippen LogP contribution in [0.2, 0.25) is 0 Å². The van der Waals surface area contributed by atoms with Crippen molar-refractivity contribution in [3.05, 3.63) is 11.5 Å². The molecular weight excluding hydrogens is 184 g/mol. The zero-order valence-electron chi connectivity index (χ0n) is 8.54. The molecule has 0 fully saturated rings. The van der Waals surface area contributed by atoms with Crippen molar-refractivity contribution in [1.82, 2.24) is 0 Å². The first-order valence-corrected chi connectivity index (χ1v) is 6.54. The smallest absolute Gasteiger partial charge is 0.00316 e. The van der Waals surface area contributed by atoms with Crippen molar-refractivity contribution in [3.8, 4) is 0 Å². The molecule has 0 aromatic rings. The lowest BCUT2D eigenvalue weighted by molar-refractivity contribution is 1.10. The molecule has 0 heterocycles. The van der Waals surface area contributed by atoms with E-state index < -0.39 is 0 Å². The molecule has 0 saturated heterocycles. The van der Waals surface area contributed by atoms with E-state index in [2.05, 4.69) is 39.2 Å². The van der Waals surface area contributed by atoms with Crippen molar-refractivity contribution in [2.45, 2.75) is 44.6 Å². The maximum absolute atomic E-state index is 2.28. The summed E-state index contributed by atoms with van der Waals surface area (Å²) in [5.41, 5.74) is 0. The van der Waals surface area contributed by atoms with Gasteiger partial charge in [0.25, 0.3) is 0 Å². The van der Waals surface area contributed by atoms with Gasteiger partial charge in [-0.3, -0.25) is 0 Å². The predicted octanol–water partition coefficient (Wildman–Crippen LogP) is 4.17. The number of thioether (sulfide) groups is 2. The number of allylic oxidation sites excluding steroid dienone is 1. The SMILES string of the molecule is CC(C)S/C=C\CCSC(C)C. The molecule has 12 heavy (non-hydrogen) atoms. The van der Waals surface area contributed by atoms with Crippen LogP contribution in [0.1, 0.15) is 34.1 Å². The lowest BCUT2D eigenvalue weighted by Gasteiger charge is -2.01. The van der Waals surface area contributed by atoms with E-state index in [0.717, 1.165) is 10.5 Å². The zero-order valence-corrected chi connectivity index (χ0v) is 10.2. The van der Waals surface area contributed by atoms with Gasteiger partial charge in [-0.1, -0.05) is 33.8 Å². The fraction of sp³-hybridized carbons (Fsp3) is 0.800. The molecule has 0 saturated carbocycles. The van der Waals surface area contributed by atoms with Crippen LogP contribution < -0.4 is 0 Å². The van der Waals surface area contributed by atoms with E-state index >= 15 is 0 Å². The average molecular weight is 204 g/mol. The summed E-state index contributed by atoms with van der Waals surface area (Å²) in [6.07, 6.45) is 3.49. The monoisotopic (exact) mass is 204 g/mol. The topological polar surface area (TPSA) is 0 Å². The van der Waals surface area contributed by atoms with E-state index in [1.807, 2.05) is 23.5 Å². The van der Waals surface area contributed by atoms with E-state index in [9.17, 15) is 0 Å². The highest BCUT2D eigenvalue weighted by molar-refractivity contribution is 8.02. The second-order valence-corrected chi connectivity index (χ2v) is 6.44. The fourth-order valence-corrected chi connectivity index (χ4v) is 1.96.